The molecular weight excluding hydrogens is 366 g/mol. The third-order valence-corrected chi connectivity index (χ3v) is 5.67. The Balaban J connectivity index is 1.52. The van der Waals surface area contributed by atoms with Crippen molar-refractivity contribution in [2.75, 3.05) is 7.11 Å². The fourth-order valence-corrected chi connectivity index (χ4v) is 3.95. The van der Waals surface area contributed by atoms with Crippen LogP contribution in [0.4, 0.5) is 0 Å². The molecule has 1 atom stereocenters. The summed E-state index contributed by atoms with van der Waals surface area (Å²) in [7, 11) is 1.35. The molecule has 1 unspecified atom stereocenters. The van der Waals surface area contributed by atoms with Crippen molar-refractivity contribution in [1.82, 2.24) is 25.5 Å². The van der Waals surface area contributed by atoms with E-state index in [0.717, 1.165) is 18.4 Å². The summed E-state index contributed by atoms with van der Waals surface area (Å²) in [4.78, 5) is 23.9. The summed E-state index contributed by atoms with van der Waals surface area (Å²) in [5.41, 5.74) is 1.39. The normalized spacial score (nSPS) is 15.5. The maximum atomic E-state index is 12.4. The zero-order chi connectivity index (χ0) is 19.2. The molecule has 0 radical (unpaired) electrons. The van der Waals surface area contributed by atoms with E-state index in [1.54, 1.807) is 24.3 Å². The van der Waals surface area contributed by atoms with Gasteiger partial charge in [-0.25, -0.2) is 9.48 Å². The number of rotatable bonds is 7. The molecule has 0 aliphatic heterocycles. The van der Waals surface area contributed by atoms with Gasteiger partial charge in [0.2, 0.25) is 11.1 Å². The Bertz CT molecular complexity index is 787. The number of hydrogen-bond acceptors (Lipinski definition) is 7. The maximum Gasteiger partial charge on any atom is 0.337 e. The lowest BCUT2D eigenvalue weighted by atomic mass is 10.1. The number of nitrogens with zero attached hydrogens (tertiary/aromatic N) is 4. The van der Waals surface area contributed by atoms with Crippen molar-refractivity contribution in [3.05, 3.63) is 35.4 Å². The van der Waals surface area contributed by atoms with Crippen LogP contribution in [0.15, 0.2) is 29.4 Å². The predicted molar refractivity (Wildman–Crippen MR) is 100 cm³/mol. The van der Waals surface area contributed by atoms with Gasteiger partial charge in [0.1, 0.15) is 0 Å². The number of methoxy groups -OCH3 is 1. The van der Waals surface area contributed by atoms with E-state index in [-0.39, 0.29) is 17.1 Å². The monoisotopic (exact) mass is 389 g/mol. The van der Waals surface area contributed by atoms with Crippen LogP contribution in [0.25, 0.3) is 0 Å². The van der Waals surface area contributed by atoms with Crippen LogP contribution in [0.1, 0.15) is 54.6 Å². The molecule has 0 saturated heterocycles. The smallest absolute Gasteiger partial charge is 0.337 e. The van der Waals surface area contributed by atoms with Crippen LogP contribution in [0.3, 0.4) is 0 Å². The number of ether oxygens (including phenoxy) is 1. The van der Waals surface area contributed by atoms with Crippen LogP contribution in [0.2, 0.25) is 0 Å². The van der Waals surface area contributed by atoms with Crippen LogP contribution in [0.5, 0.6) is 0 Å². The number of carbonyl (C=O) groups is 2. The minimum atomic E-state index is -0.379. The van der Waals surface area contributed by atoms with Crippen molar-refractivity contribution in [3.8, 4) is 0 Å². The van der Waals surface area contributed by atoms with Gasteiger partial charge in [-0.15, -0.1) is 5.10 Å². The Morgan fingerprint density at radius 1 is 1.30 bits per heavy atom. The molecule has 1 aromatic carbocycles. The van der Waals surface area contributed by atoms with Gasteiger partial charge < -0.3 is 10.1 Å². The van der Waals surface area contributed by atoms with Crippen molar-refractivity contribution in [1.29, 1.82) is 0 Å². The first-order valence-electron chi connectivity index (χ1n) is 8.98. The van der Waals surface area contributed by atoms with E-state index in [4.69, 9.17) is 0 Å². The highest BCUT2D eigenvalue weighted by atomic mass is 32.2. The highest BCUT2D eigenvalue weighted by Crippen LogP contribution is 2.32. The molecule has 1 aliphatic rings. The van der Waals surface area contributed by atoms with Crippen LogP contribution < -0.4 is 5.32 Å². The van der Waals surface area contributed by atoms with E-state index in [0.29, 0.717) is 23.3 Å². The van der Waals surface area contributed by atoms with Crippen LogP contribution in [0, 0.1) is 0 Å². The molecule has 1 aromatic heterocycles. The first kappa shape index (κ1) is 19.3. The minimum Gasteiger partial charge on any atom is -0.465 e. The van der Waals surface area contributed by atoms with Gasteiger partial charge in [0.05, 0.1) is 24.0 Å². The van der Waals surface area contributed by atoms with Crippen LogP contribution >= 0.6 is 11.8 Å². The van der Waals surface area contributed by atoms with Gasteiger partial charge in [-0.05, 0) is 47.9 Å². The molecule has 1 saturated carbocycles. The number of amides is 1. The summed E-state index contributed by atoms with van der Waals surface area (Å²) < 4.78 is 6.53. The van der Waals surface area contributed by atoms with Crippen molar-refractivity contribution < 1.29 is 14.3 Å². The fourth-order valence-electron chi connectivity index (χ4n) is 3.06. The molecule has 9 heteroatoms. The number of hydrogen-bond donors (Lipinski definition) is 1. The first-order chi connectivity index (χ1) is 13.1. The average Bonchev–Trinajstić information content (AvgIpc) is 3.37. The Kier molecular flexibility index (Phi) is 6.44. The van der Waals surface area contributed by atoms with E-state index in [1.807, 2.05) is 11.6 Å². The van der Waals surface area contributed by atoms with Gasteiger partial charge in [-0.1, -0.05) is 36.7 Å². The highest BCUT2D eigenvalue weighted by molar-refractivity contribution is 8.00. The van der Waals surface area contributed by atoms with Gasteiger partial charge in [0, 0.05) is 6.54 Å². The summed E-state index contributed by atoms with van der Waals surface area (Å²) in [6.45, 7) is 2.23. The van der Waals surface area contributed by atoms with E-state index < -0.39 is 0 Å². The number of benzene rings is 1. The molecule has 0 bridgehead atoms. The zero-order valence-electron chi connectivity index (χ0n) is 15.4. The Morgan fingerprint density at radius 3 is 2.67 bits per heavy atom. The number of tetrazole rings is 1. The Labute approximate surface area is 162 Å². The molecule has 1 amide bonds. The lowest BCUT2D eigenvalue weighted by molar-refractivity contribution is -0.120. The number of thioether (sulfide) groups is 1. The van der Waals surface area contributed by atoms with Crippen molar-refractivity contribution in [3.63, 3.8) is 0 Å². The lowest BCUT2D eigenvalue weighted by Crippen LogP contribution is -2.30. The zero-order valence-corrected chi connectivity index (χ0v) is 16.2. The van der Waals surface area contributed by atoms with Crippen molar-refractivity contribution in [2.24, 2.45) is 0 Å². The average molecular weight is 389 g/mol. The van der Waals surface area contributed by atoms with E-state index in [9.17, 15) is 9.59 Å². The van der Waals surface area contributed by atoms with Gasteiger partial charge in [-0.2, -0.15) is 0 Å². The largest absolute Gasteiger partial charge is 0.465 e. The van der Waals surface area contributed by atoms with E-state index >= 15 is 0 Å². The maximum absolute atomic E-state index is 12.4. The third kappa shape index (κ3) is 4.85. The summed E-state index contributed by atoms with van der Waals surface area (Å²) in [5.74, 6) is -0.464. The van der Waals surface area contributed by atoms with Gasteiger partial charge in [-0.3, -0.25) is 4.79 Å². The second-order valence-corrected chi connectivity index (χ2v) is 7.82. The number of esters is 1. The number of carbonyl (C=O) groups excluding carboxylic acids is 2. The van der Waals surface area contributed by atoms with Crippen molar-refractivity contribution >= 4 is 23.6 Å². The van der Waals surface area contributed by atoms with Gasteiger partial charge in [0.15, 0.2) is 0 Å². The van der Waals surface area contributed by atoms with E-state index in [1.165, 1.54) is 31.7 Å². The minimum absolute atomic E-state index is 0.0852. The fraction of sp³-hybridized carbons (Fsp3) is 0.500. The molecule has 0 spiro atoms. The topological polar surface area (TPSA) is 99.0 Å². The number of aromatic nitrogens is 4. The van der Waals surface area contributed by atoms with Gasteiger partial charge in [0.25, 0.3) is 0 Å². The Hall–Kier alpha value is -2.42. The van der Waals surface area contributed by atoms with Crippen molar-refractivity contribution in [2.45, 2.75) is 55.6 Å². The molecule has 2 aromatic rings. The van der Waals surface area contributed by atoms with Crippen LogP contribution in [-0.4, -0.2) is 44.4 Å². The summed E-state index contributed by atoms with van der Waals surface area (Å²) in [6, 6.07) is 7.30. The first-order valence-corrected chi connectivity index (χ1v) is 9.86. The molecule has 1 heterocycles. The molecule has 8 nitrogen and oxygen atoms in total. The molecular formula is C18H23N5O3S. The SMILES string of the molecule is COC(=O)c1ccc(CNC(=O)C(C)Sc2nnnn2C2CCCC2)cc1. The van der Waals surface area contributed by atoms with E-state index in [2.05, 4.69) is 25.6 Å². The second kappa shape index (κ2) is 8.98. The number of nitrogens with one attached hydrogen (secondary N) is 1. The second-order valence-electron chi connectivity index (χ2n) is 6.51. The summed E-state index contributed by atoms with van der Waals surface area (Å²) in [6.07, 6.45) is 4.56. The molecule has 1 fully saturated rings. The molecule has 27 heavy (non-hydrogen) atoms. The molecule has 1 N–H and O–H groups in total. The molecule has 1 aliphatic carbocycles. The molecule has 144 valence electrons. The standard InChI is InChI=1S/C18H23N5O3S/c1-12(27-18-20-21-22-23(18)15-5-3-4-6-15)16(24)19-11-13-7-9-14(10-8-13)17(25)26-2/h7-10,12,15H,3-6,11H2,1-2H3,(H,19,24). The lowest BCUT2D eigenvalue weighted by Gasteiger charge is -2.14. The Morgan fingerprint density at radius 2 is 2.00 bits per heavy atom. The predicted octanol–water partition coefficient (Wildman–Crippen LogP) is 2.37. The highest BCUT2D eigenvalue weighted by Gasteiger charge is 2.24. The molecule has 3 rings (SSSR count). The summed E-state index contributed by atoms with van der Waals surface area (Å²) in [5, 5.41) is 15.2. The summed E-state index contributed by atoms with van der Waals surface area (Å²) >= 11 is 1.37. The van der Waals surface area contributed by atoms with Crippen LogP contribution in [-0.2, 0) is 16.1 Å². The quantitative estimate of drug-likeness (QED) is 0.573. The van der Waals surface area contributed by atoms with Gasteiger partial charge >= 0.3 is 5.97 Å². The third-order valence-electron chi connectivity index (χ3n) is 4.63.